The second kappa shape index (κ2) is 7.94. The van der Waals surface area contributed by atoms with E-state index in [4.69, 9.17) is 24.4 Å². The fourth-order valence-corrected chi connectivity index (χ4v) is 3.18. The number of rotatable bonds is 4. The number of hydrogen-bond donors (Lipinski definition) is 0. The molecule has 0 aliphatic heterocycles. The standard InChI is InChI=1S/C12H8S.C9H16S/c13-11-7-9-5-1-3-8-4-2-6-10(11)12(8)9;1-7(2)8(3)5-6-9(4)10/h1-6H,7H2;8H,1,5-6H2,2-4H3. The van der Waals surface area contributed by atoms with Gasteiger partial charge in [-0.1, -0.05) is 79.9 Å². The van der Waals surface area contributed by atoms with Crippen molar-refractivity contribution < 1.29 is 0 Å². The van der Waals surface area contributed by atoms with Gasteiger partial charge in [-0.3, -0.25) is 0 Å². The van der Waals surface area contributed by atoms with E-state index in [1.165, 1.54) is 27.5 Å². The number of thiocarbonyl (C=S) groups is 2. The van der Waals surface area contributed by atoms with Crippen LogP contribution in [0.1, 0.15) is 44.7 Å². The van der Waals surface area contributed by atoms with Crippen molar-refractivity contribution in [3.05, 3.63) is 59.7 Å². The lowest BCUT2D eigenvalue weighted by Crippen LogP contribution is -1.97. The summed E-state index contributed by atoms with van der Waals surface area (Å²) in [6, 6.07) is 12.8. The minimum Gasteiger partial charge on any atom is -0.0999 e. The molecule has 0 saturated carbocycles. The Labute approximate surface area is 150 Å². The van der Waals surface area contributed by atoms with Gasteiger partial charge in [-0.15, -0.1) is 0 Å². The third-order valence-electron chi connectivity index (χ3n) is 4.41. The normalized spacial score (nSPS) is 13.4. The average Bonchev–Trinajstić information content (AvgIpc) is 2.84. The molecule has 0 aromatic heterocycles. The second-order valence-corrected chi connectivity index (χ2v) is 7.60. The molecule has 0 amide bonds. The highest BCUT2D eigenvalue weighted by molar-refractivity contribution is 7.81. The van der Waals surface area contributed by atoms with Gasteiger partial charge in [0.15, 0.2) is 0 Å². The van der Waals surface area contributed by atoms with E-state index in [1.807, 2.05) is 6.92 Å². The smallest absolute Gasteiger partial charge is 0.0274 e. The molecule has 0 nitrogen and oxygen atoms in total. The monoisotopic (exact) mass is 340 g/mol. The van der Waals surface area contributed by atoms with Gasteiger partial charge in [-0.25, -0.2) is 0 Å². The Hall–Kier alpha value is -1.38. The molecule has 23 heavy (non-hydrogen) atoms. The molecule has 1 aliphatic carbocycles. The Bertz CT molecular complexity index is 750. The third-order valence-corrected chi connectivity index (χ3v) is 4.98. The fraction of sp³-hybridized carbons (Fsp3) is 0.333. The van der Waals surface area contributed by atoms with Crippen LogP contribution in [-0.2, 0) is 6.42 Å². The molecule has 120 valence electrons. The molecule has 1 unspecified atom stereocenters. The molecule has 0 fully saturated rings. The average molecular weight is 341 g/mol. The van der Waals surface area contributed by atoms with E-state index in [9.17, 15) is 0 Å². The first-order valence-corrected chi connectivity index (χ1v) is 8.90. The molecule has 1 aliphatic rings. The van der Waals surface area contributed by atoms with Crippen molar-refractivity contribution in [2.45, 2.75) is 40.0 Å². The Morgan fingerprint density at radius 2 is 1.83 bits per heavy atom. The van der Waals surface area contributed by atoms with Crippen molar-refractivity contribution in [1.29, 1.82) is 0 Å². The van der Waals surface area contributed by atoms with Gasteiger partial charge in [0.2, 0.25) is 0 Å². The summed E-state index contributed by atoms with van der Waals surface area (Å²) in [5.41, 5.74) is 3.91. The van der Waals surface area contributed by atoms with Gasteiger partial charge in [-0.05, 0) is 59.4 Å². The van der Waals surface area contributed by atoms with Crippen molar-refractivity contribution >= 4 is 44.9 Å². The molecular weight excluding hydrogens is 316 g/mol. The van der Waals surface area contributed by atoms with Gasteiger partial charge in [0.1, 0.15) is 0 Å². The summed E-state index contributed by atoms with van der Waals surface area (Å²) in [4.78, 5) is 2.19. The van der Waals surface area contributed by atoms with Crippen LogP contribution in [0, 0.1) is 5.92 Å². The Balaban J connectivity index is 0.000000175. The lowest BCUT2D eigenvalue weighted by atomic mass is 9.98. The second-order valence-electron chi connectivity index (χ2n) is 6.41. The van der Waals surface area contributed by atoms with Crippen LogP contribution in [0.2, 0.25) is 0 Å². The summed E-state index contributed by atoms with van der Waals surface area (Å²) in [6.07, 6.45) is 3.17. The zero-order valence-electron chi connectivity index (χ0n) is 14.2. The predicted octanol–water partition coefficient (Wildman–Crippen LogP) is 6.48. The Morgan fingerprint density at radius 3 is 2.43 bits per heavy atom. The highest BCUT2D eigenvalue weighted by Crippen LogP contribution is 2.30. The van der Waals surface area contributed by atoms with Gasteiger partial charge in [0.25, 0.3) is 0 Å². The van der Waals surface area contributed by atoms with Crippen molar-refractivity contribution in [1.82, 2.24) is 0 Å². The molecule has 0 spiro atoms. The van der Waals surface area contributed by atoms with E-state index in [-0.39, 0.29) is 0 Å². The quantitative estimate of drug-likeness (QED) is 0.461. The van der Waals surface area contributed by atoms with Crippen molar-refractivity contribution in [2.24, 2.45) is 5.92 Å². The molecule has 0 saturated heterocycles. The molecule has 2 heteroatoms. The molecule has 0 heterocycles. The van der Waals surface area contributed by atoms with Gasteiger partial charge >= 0.3 is 0 Å². The van der Waals surface area contributed by atoms with Crippen LogP contribution in [0.5, 0.6) is 0 Å². The SMILES string of the molecule is C=C(C)C(C)CCC(C)=S.S=C1Cc2cccc3cccc1c23. The minimum atomic E-state index is 0.623. The lowest BCUT2D eigenvalue weighted by molar-refractivity contribution is 0.635. The summed E-state index contributed by atoms with van der Waals surface area (Å²) in [6.45, 7) is 10.2. The van der Waals surface area contributed by atoms with E-state index in [2.05, 4.69) is 56.8 Å². The van der Waals surface area contributed by atoms with Crippen molar-refractivity contribution in [3.8, 4) is 0 Å². The number of hydrogen-bond acceptors (Lipinski definition) is 2. The highest BCUT2D eigenvalue weighted by atomic mass is 32.1. The topological polar surface area (TPSA) is 0 Å². The van der Waals surface area contributed by atoms with E-state index >= 15 is 0 Å². The van der Waals surface area contributed by atoms with E-state index in [0.29, 0.717) is 5.92 Å². The third kappa shape index (κ3) is 4.55. The maximum Gasteiger partial charge on any atom is 0.0274 e. The Kier molecular flexibility index (Phi) is 6.20. The fourth-order valence-electron chi connectivity index (χ4n) is 2.73. The Morgan fingerprint density at radius 1 is 1.17 bits per heavy atom. The first-order chi connectivity index (χ1) is 10.9. The van der Waals surface area contributed by atoms with Crippen molar-refractivity contribution in [2.75, 3.05) is 0 Å². The highest BCUT2D eigenvalue weighted by Gasteiger charge is 2.17. The van der Waals surface area contributed by atoms with Crippen LogP contribution in [-0.4, -0.2) is 9.73 Å². The summed E-state index contributed by atoms with van der Waals surface area (Å²) >= 11 is 10.3. The molecule has 0 radical (unpaired) electrons. The number of benzene rings is 2. The molecule has 2 aromatic carbocycles. The van der Waals surface area contributed by atoms with Crippen LogP contribution >= 0.6 is 24.4 Å². The maximum atomic E-state index is 5.34. The molecule has 2 aromatic rings. The van der Waals surface area contributed by atoms with E-state index in [0.717, 1.165) is 29.0 Å². The van der Waals surface area contributed by atoms with E-state index < -0.39 is 0 Å². The minimum absolute atomic E-state index is 0.623. The van der Waals surface area contributed by atoms with Crippen LogP contribution < -0.4 is 0 Å². The van der Waals surface area contributed by atoms with Crippen LogP contribution in [0.4, 0.5) is 0 Å². The zero-order valence-corrected chi connectivity index (χ0v) is 15.8. The van der Waals surface area contributed by atoms with Gasteiger partial charge in [0, 0.05) is 11.3 Å². The predicted molar refractivity (Wildman–Crippen MR) is 111 cm³/mol. The zero-order chi connectivity index (χ0) is 17.0. The summed E-state index contributed by atoms with van der Waals surface area (Å²) in [5, 5.41) is 2.69. The van der Waals surface area contributed by atoms with Gasteiger partial charge in [-0.2, -0.15) is 0 Å². The van der Waals surface area contributed by atoms with Crippen LogP contribution in [0.15, 0.2) is 48.6 Å². The van der Waals surface area contributed by atoms with Gasteiger partial charge in [0.05, 0.1) is 0 Å². The van der Waals surface area contributed by atoms with Crippen molar-refractivity contribution in [3.63, 3.8) is 0 Å². The van der Waals surface area contributed by atoms with Crippen LogP contribution in [0.25, 0.3) is 10.8 Å². The molecule has 3 rings (SSSR count). The summed E-state index contributed by atoms with van der Waals surface area (Å²) in [5.74, 6) is 0.623. The molecule has 1 atom stereocenters. The summed E-state index contributed by atoms with van der Waals surface area (Å²) in [7, 11) is 0. The molecule has 0 bridgehead atoms. The first-order valence-electron chi connectivity index (χ1n) is 8.08. The largest absolute Gasteiger partial charge is 0.0999 e. The van der Waals surface area contributed by atoms with Crippen LogP contribution in [0.3, 0.4) is 0 Å². The maximum absolute atomic E-state index is 5.34. The number of allylic oxidation sites excluding steroid dienone is 1. The van der Waals surface area contributed by atoms with Gasteiger partial charge < -0.3 is 0 Å². The summed E-state index contributed by atoms with van der Waals surface area (Å²) < 4.78 is 0. The lowest BCUT2D eigenvalue weighted by Gasteiger charge is -2.08. The first kappa shape index (κ1) is 18.0. The molecular formula is C21H24S2. The molecule has 0 N–H and O–H groups in total. The van der Waals surface area contributed by atoms with E-state index in [1.54, 1.807) is 0 Å².